The molecule has 0 atom stereocenters. The minimum Gasteiger partial charge on any atom is -0.508 e. The molecule has 4 rings (SSSR count). The zero-order valence-corrected chi connectivity index (χ0v) is 27.0. The summed E-state index contributed by atoms with van der Waals surface area (Å²) in [7, 11) is 0. The zero-order valence-electron chi connectivity index (χ0n) is 23.9. The summed E-state index contributed by atoms with van der Waals surface area (Å²) in [6.07, 6.45) is 5.39. The number of fused-ring (bicyclic) bond motifs is 1. The fraction of sp³-hybridized carbons (Fsp3) is 0.394. The highest BCUT2D eigenvalue weighted by Crippen LogP contribution is 2.56. The Balaban J connectivity index is 2.34. The summed E-state index contributed by atoms with van der Waals surface area (Å²) in [6, 6.07) is 7.94. The molecular weight excluding hydrogens is 652 g/mol. The number of phenols is 2. The molecule has 0 spiro atoms. The van der Waals surface area contributed by atoms with E-state index in [1.807, 2.05) is 13.8 Å². The number of rotatable bonds is 11. The van der Waals surface area contributed by atoms with Crippen LogP contribution in [-0.2, 0) is 36.0 Å². The predicted molar refractivity (Wildman–Crippen MR) is 166 cm³/mol. The standard InChI is InChI=1S/C33H36Br2O6/c1-5-9-19-25(34)16-27(36)21(11-7-3)29(19)33(24-14-13-18(31(38)39)15-23(24)32(40)41-33)30-20(10-6-2)26(35)17-28(37)22(30)12-8-4/h13-17,36-37H,5-12H2,1-4H3,(H,38,39). The number of ether oxygens (including phenoxy) is 1. The van der Waals surface area contributed by atoms with Gasteiger partial charge in [0.1, 0.15) is 11.5 Å². The Morgan fingerprint density at radius 1 is 0.756 bits per heavy atom. The lowest BCUT2D eigenvalue weighted by molar-refractivity contribution is 0.0239. The third-order valence-corrected chi connectivity index (χ3v) is 9.16. The number of benzene rings is 3. The lowest BCUT2D eigenvalue weighted by Gasteiger charge is -2.38. The van der Waals surface area contributed by atoms with Crippen LogP contribution in [0.25, 0.3) is 0 Å². The first kappa shape index (κ1) is 31.1. The molecule has 1 aliphatic heterocycles. The van der Waals surface area contributed by atoms with Crippen molar-refractivity contribution in [1.29, 1.82) is 0 Å². The van der Waals surface area contributed by atoms with Gasteiger partial charge in [-0.2, -0.15) is 0 Å². The molecule has 41 heavy (non-hydrogen) atoms. The Bertz CT molecular complexity index is 1380. The van der Waals surface area contributed by atoms with Crippen molar-refractivity contribution >= 4 is 43.8 Å². The molecule has 0 bridgehead atoms. The van der Waals surface area contributed by atoms with Gasteiger partial charge in [-0.15, -0.1) is 0 Å². The van der Waals surface area contributed by atoms with Gasteiger partial charge in [0.15, 0.2) is 5.60 Å². The normalized spacial score (nSPS) is 13.8. The maximum absolute atomic E-state index is 13.9. The molecule has 0 radical (unpaired) electrons. The van der Waals surface area contributed by atoms with Gasteiger partial charge < -0.3 is 20.1 Å². The Labute approximate surface area is 258 Å². The first-order valence-corrected chi connectivity index (χ1v) is 15.8. The summed E-state index contributed by atoms with van der Waals surface area (Å²) in [6.45, 7) is 8.19. The van der Waals surface area contributed by atoms with E-state index in [-0.39, 0.29) is 22.6 Å². The van der Waals surface area contributed by atoms with Crippen LogP contribution in [0.1, 0.15) is 113 Å². The van der Waals surface area contributed by atoms with Gasteiger partial charge in [-0.05, 0) is 61.1 Å². The lowest BCUT2D eigenvalue weighted by atomic mass is 9.70. The molecule has 3 N–H and O–H groups in total. The number of carbonyl (C=O) groups is 2. The monoisotopic (exact) mass is 686 g/mol. The van der Waals surface area contributed by atoms with Crippen LogP contribution in [0.5, 0.6) is 11.5 Å². The van der Waals surface area contributed by atoms with Crippen molar-refractivity contribution < 1.29 is 29.6 Å². The quantitative estimate of drug-likeness (QED) is 0.175. The molecule has 0 saturated carbocycles. The molecular formula is C33H36Br2O6. The van der Waals surface area contributed by atoms with E-state index in [1.165, 1.54) is 12.1 Å². The van der Waals surface area contributed by atoms with E-state index >= 15 is 0 Å². The second kappa shape index (κ2) is 12.6. The number of cyclic esters (lactones) is 1. The summed E-state index contributed by atoms with van der Waals surface area (Å²) in [4.78, 5) is 25.8. The molecule has 0 unspecified atom stereocenters. The molecule has 0 amide bonds. The van der Waals surface area contributed by atoms with E-state index in [4.69, 9.17) is 4.74 Å². The van der Waals surface area contributed by atoms with E-state index in [2.05, 4.69) is 45.7 Å². The van der Waals surface area contributed by atoms with Crippen molar-refractivity contribution in [1.82, 2.24) is 0 Å². The largest absolute Gasteiger partial charge is 0.508 e. The van der Waals surface area contributed by atoms with Crippen LogP contribution in [0, 0.1) is 0 Å². The van der Waals surface area contributed by atoms with Gasteiger partial charge in [0.2, 0.25) is 0 Å². The van der Waals surface area contributed by atoms with Crippen molar-refractivity contribution in [2.75, 3.05) is 0 Å². The van der Waals surface area contributed by atoms with Gasteiger partial charge in [0.25, 0.3) is 0 Å². The van der Waals surface area contributed by atoms with Crippen molar-refractivity contribution in [2.24, 2.45) is 0 Å². The second-order valence-electron chi connectivity index (χ2n) is 10.6. The summed E-state index contributed by atoms with van der Waals surface area (Å²) in [5.74, 6) is -1.60. The molecule has 6 nitrogen and oxygen atoms in total. The highest BCUT2D eigenvalue weighted by Gasteiger charge is 2.54. The number of aromatic hydroxyl groups is 2. The number of phenolic OH excluding ortho intramolecular Hbond substituents is 2. The second-order valence-corrected chi connectivity index (χ2v) is 12.3. The molecule has 0 fully saturated rings. The average Bonchev–Trinajstić information content (AvgIpc) is 3.21. The highest BCUT2D eigenvalue weighted by atomic mass is 79.9. The molecule has 3 aromatic carbocycles. The average molecular weight is 688 g/mol. The van der Waals surface area contributed by atoms with E-state index in [1.54, 1.807) is 18.2 Å². The summed E-state index contributed by atoms with van der Waals surface area (Å²) < 4.78 is 8.00. The van der Waals surface area contributed by atoms with Crippen molar-refractivity contribution in [3.05, 3.63) is 89.3 Å². The van der Waals surface area contributed by atoms with Gasteiger partial charge in [0.05, 0.1) is 11.1 Å². The number of carbonyl (C=O) groups excluding carboxylic acids is 1. The van der Waals surface area contributed by atoms with Crippen LogP contribution in [-0.4, -0.2) is 27.3 Å². The smallest absolute Gasteiger partial charge is 0.340 e. The van der Waals surface area contributed by atoms with Gasteiger partial charge in [-0.25, -0.2) is 9.59 Å². The minimum absolute atomic E-state index is 0.0178. The molecule has 218 valence electrons. The number of esters is 1. The zero-order chi connectivity index (χ0) is 30.1. The summed E-state index contributed by atoms with van der Waals surface area (Å²) in [5, 5.41) is 32.5. The first-order valence-electron chi connectivity index (χ1n) is 14.3. The van der Waals surface area contributed by atoms with Crippen LogP contribution < -0.4 is 0 Å². The number of aromatic carboxylic acids is 1. The number of carboxylic acid groups (broad SMARTS) is 1. The van der Waals surface area contributed by atoms with E-state index in [0.29, 0.717) is 62.4 Å². The Kier molecular flexibility index (Phi) is 9.54. The topological polar surface area (TPSA) is 104 Å². The maximum atomic E-state index is 13.9. The minimum atomic E-state index is -1.53. The number of hydrogen-bond acceptors (Lipinski definition) is 5. The van der Waals surface area contributed by atoms with Crippen LogP contribution in [0.2, 0.25) is 0 Å². The third-order valence-electron chi connectivity index (χ3n) is 7.74. The Hall–Kier alpha value is -2.84. The van der Waals surface area contributed by atoms with Crippen LogP contribution in [0.4, 0.5) is 0 Å². The van der Waals surface area contributed by atoms with Crippen molar-refractivity contribution in [2.45, 2.75) is 84.7 Å². The fourth-order valence-corrected chi connectivity index (χ4v) is 7.42. The lowest BCUT2D eigenvalue weighted by Crippen LogP contribution is -2.35. The molecule has 1 aliphatic rings. The molecule has 0 aliphatic carbocycles. The van der Waals surface area contributed by atoms with E-state index in [9.17, 15) is 24.9 Å². The Morgan fingerprint density at radius 2 is 1.20 bits per heavy atom. The van der Waals surface area contributed by atoms with Crippen molar-refractivity contribution in [3.8, 4) is 11.5 Å². The summed E-state index contributed by atoms with van der Waals surface area (Å²) >= 11 is 7.41. The van der Waals surface area contributed by atoms with Crippen LogP contribution in [0.15, 0.2) is 39.3 Å². The number of carboxylic acids is 1. The van der Waals surface area contributed by atoms with Crippen LogP contribution >= 0.6 is 31.9 Å². The van der Waals surface area contributed by atoms with Crippen LogP contribution in [0.3, 0.4) is 0 Å². The Morgan fingerprint density at radius 3 is 1.61 bits per heavy atom. The number of hydrogen-bond donors (Lipinski definition) is 3. The molecule has 8 heteroatoms. The molecule has 0 saturated heterocycles. The van der Waals surface area contributed by atoms with E-state index < -0.39 is 17.5 Å². The van der Waals surface area contributed by atoms with Gasteiger partial charge in [0, 0.05) is 36.8 Å². The SMILES string of the molecule is CCCc1c(O)cc(Br)c(CCC)c1C1(c2c(CCC)c(O)cc(Br)c2CCC)OC(=O)c2cc(C(=O)O)ccc21. The molecule has 1 heterocycles. The summed E-state index contributed by atoms with van der Waals surface area (Å²) in [5.41, 5.74) is 3.63. The van der Waals surface area contributed by atoms with Crippen molar-refractivity contribution in [3.63, 3.8) is 0 Å². The predicted octanol–water partition coefficient (Wildman–Crippen LogP) is 8.59. The van der Waals surface area contributed by atoms with E-state index in [0.717, 1.165) is 36.8 Å². The van der Waals surface area contributed by atoms with Gasteiger partial charge >= 0.3 is 11.9 Å². The molecule has 0 aromatic heterocycles. The van der Waals surface area contributed by atoms with Gasteiger partial charge in [-0.3, -0.25) is 0 Å². The van der Waals surface area contributed by atoms with Gasteiger partial charge in [-0.1, -0.05) is 91.3 Å². The first-order chi connectivity index (χ1) is 19.6. The fourth-order valence-electron chi connectivity index (χ4n) is 6.19. The molecule has 3 aromatic rings. The maximum Gasteiger partial charge on any atom is 0.340 e. The number of halogens is 2. The highest BCUT2D eigenvalue weighted by molar-refractivity contribution is 9.10. The third kappa shape index (κ3) is 5.29.